The van der Waals surface area contributed by atoms with Crippen LogP contribution in [0.25, 0.3) is 0 Å². The van der Waals surface area contributed by atoms with Crippen LogP contribution in [0.4, 0.5) is 0 Å². The van der Waals surface area contributed by atoms with Crippen molar-refractivity contribution in [3.63, 3.8) is 0 Å². The fourth-order valence-electron chi connectivity index (χ4n) is 4.60. The molecule has 3 rings (SSSR count). The van der Waals surface area contributed by atoms with Crippen LogP contribution in [0.1, 0.15) is 120 Å². The Labute approximate surface area is 261 Å². The van der Waals surface area contributed by atoms with Crippen molar-refractivity contribution < 1.29 is 46.8 Å². The molecule has 0 amide bonds. The van der Waals surface area contributed by atoms with Crippen molar-refractivity contribution >= 4 is 24.4 Å². The molecule has 42 heavy (non-hydrogen) atoms. The van der Waals surface area contributed by atoms with Crippen LogP contribution in [-0.4, -0.2) is 46.7 Å². The second-order valence-corrected chi connectivity index (χ2v) is 10.9. The number of rotatable bonds is 8. The molecule has 2 aromatic carbocycles. The predicted octanol–water partition coefficient (Wildman–Crippen LogP) is 4.44. The minimum atomic E-state index is -1.08. The molecule has 0 heterocycles. The molecule has 1 aliphatic rings. The van der Waals surface area contributed by atoms with Gasteiger partial charge in [-0.25, -0.2) is 0 Å². The maximum absolute atomic E-state index is 10.8. The predicted molar refractivity (Wildman–Crippen MR) is 161 cm³/mol. The summed E-state index contributed by atoms with van der Waals surface area (Å²) in [6, 6.07) is 8.47. The molecule has 9 heteroatoms. The number of hydrogen-bond acceptors (Lipinski definition) is 8. The van der Waals surface area contributed by atoms with Gasteiger partial charge < -0.3 is 30.0 Å². The van der Waals surface area contributed by atoms with Crippen molar-refractivity contribution in [1.29, 1.82) is 0 Å². The minimum absolute atomic E-state index is 0. The molecule has 0 spiro atoms. The third-order valence-corrected chi connectivity index (χ3v) is 6.77. The van der Waals surface area contributed by atoms with Crippen LogP contribution in [-0.2, 0) is 39.2 Å². The van der Waals surface area contributed by atoms with Gasteiger partial charge >= 0.3 is 16.8 Å². The van der Waals surface area contributed by atoms with Crippen molar-refractivity contribution in [3.05, 3.63) is 57.6 Å². The molecule has 0 saturated heterocycles. The molecule has 2 unspecified atom stereocenters. The Morgan fingerprint density at radius 2 is 1.10 bits per heavy atom. The van der Waals surface area contributed by atoms with E-state index >= 15 is 0 Å². The van der Waals surface area contributed by atoms with Gasteiger partial charge in [0.2, 0.25) is 0 Å². The molecule has 1 fully saturated rings. The zero-order valence-electron chi connectivity index (χ0n) is 26.1. The van der Waals surface area contributed by atoms with Crippen molar-refractivity contribution in [2.24, 2.45) is 9.98 Å². The van der Waals surface area contributed by atoms with E-state index in [1.165, 1.54) is 11.1 Å². The minimum Gasteiger partial charge on any atom is -0.550 e. The molecular weight excluding hydrogens is 579 g/mol. The molecular formula is C33H46CoN2O6. The zero-order valence-corrected chi connectivity index (χ0v) is 27.1. The summed E-state index contributed by atoms with van der Waals surface area (Å²) in [5.41, 5.74) is 5.97. The first kappa shape index (κ1) is 38.8. The molecule has 2 atom stereocenters. The third-order valence-electron chi connectivity index (χ3n) is 6.77. The SMILES string of the molecule is CC(=O)[O-].CC(=O)[O-].CCc1cc(C=NC2CCCC2N=Cc2cc(CC)cc(C(C)C)c2O)c(O)c(C(C)C)c1.[Co+2]. The second-order valence-electron chi connectivity index (χ2n) is 10.9. The molecule has 1 saturated carbocycles. The number of carboxylic acids is 2. The van der Waals surface area contributed by atoms with Crippen LogP contribution in [0.2, 0.25) is 0 Å². The molecule has 2 N–H and O–H groups in total. The number of aliphatic carboxylic acids is 2. The molecule has 0 aromatic heterocycles. The number of benzene rings is 2. The largest absolute Gasteiger partial charge is 2.00 e. The summed E-state index contributed by atoms with van der Waals surface area (Å²) in [4.78, 5) is 27.5. The fraction of sp³-hybridized carbons (Fsp3) is 0.515. The van der Waals surface area contributed by atoms with Crippen molar-refractivity contribution in [3.8, 4) is 11.5 Å². The number of carbonyl (C=O) groups excluding carboxylic acids is 2. The van der Waals surface area contributed by atoms with Gasteiger partial charge in [-0.2, -0.15) is 0 Å². The molecule has 2 aromatic rings. The van der Waals surface area contributed by atoms with Crippen molar-refractivity contribution in [1.82, 2.24) is 0 Å². The standard InChI is InChI=1S/C29H40N2O2.2C2H4O2.Co/c1-7-20-12-22(28(32)24(14-20)18(3)4)16-30-26-10-9-11-27(26)31-17-23-13-21(8-2)15-25(19(5)6)29(23)33;2*1-2(3)4;/h12-19,26-27,32-33H,7-11H2,1-6H3;2*1H3,(H,3,4);/q;;;+2/p-2. The summed E-state index contributed by atoms with van der Waals surface area (Å²) in [5, 5.41) is 39.3. The Morgan fingerprint density at radius 1 is 0.786 bits per heavy atom. The number of phenolic OH excluding ortho intramolecular Hbond substituents is 2. The Balaban J connectivity index is 0.00000166. The molecule has 233 valence electrons. The maximum Gasteiger partial charge on any atom is 2.00 e. The smallest absolute Gasteiger partial charge is 0.550 e. The normalized spacial score (nSPS) is 16.1. The van der Waals surface area contributed by atoms with Gasteiger partial charge in [0.25, 0.3) is 0 Å². The Morgan fingerprint density at radius 3 is 1.36 bits per heavy atom. The van der Waals surface area contributed by atoms with Crippen LogP contribution >= 0.6 is 0 Å². The van der Waals surface area contributed by atoms with E-state index in [9.17, 15) is 10.2 Å². The van der Waals surface area contributed by atoms with E-state index in [2.05, 4.69) is 53.7 Å². The number of hydrogen-bond donors (Lipinski definition) is 2. The Kier molecular flexibility index (Phi) is 17.7. The summed E-state index contributed by atoms with van der Waals surface area (Å²) >= 11 is 0. The number of nitrogens with zero attached hydrogens (tertiary/aromatic N) is 2. The number of carbonyl (C=O) groups is 2. The van der Waals surface area contributed by atoms with Gasteiger partial charge in [0.1, 0.15) is 11.5 Å². The van der Waals surface area contributed by atoms with Crippen LogP contribution in [0.5, 0.6) is 11.5 Å². The second kappa shape index (κ2) is 19.1. The first-order valence-corrected chi connectivity index (χ1v) is 14.3. The third kappa shape index (κ3) is 12.8. The molecule has 1 aliphatic carbocycles. The summed E-state index contributed by atoms with van der Waals surface area (Å²) in [6.45, 7) is 14.6. The van der Waals surface area contributed by atoms with Gasteiger partial charge in [0.05, 0.1) is 12.1 Å². The number of aliphatic imine (C=N–C) groups is 2. The quantitative estimate of drug-likeness (QED) is 0.415. The topological polar surface area (TPSA) is 145 Å². The summed E-state index contributed by atoms with van der Waals surface area (Å²) in [6.07, 6.45) is 8.59. The zero-order chi connectivity index (χ0) is 31.3. The van der Waals surface area contributed by atoms with E-state index in [1.807, 2.05) is 24.6 Å². The fourth-order valence-corrected chi connectivity index (χ4v) is 4.60. The number of aromatic hydroxyl groups is 2. The van der Waals surface area contributed by atoms with E-state index in [4.69, 9.17) is 29.8 Å². The van der Waals surface area contributed by atoms with Crippen molar-refractivity contribution in [2.75, 3.05) is 0 Å². The van der Waals surface area contributed by atoms with E-state index < -0.39 is 11.9 Å². The average Bonchev–Trinajstić information content (AvgIpc) is 3.33. The summed E-state index contributed by atoms with van der Waals surface area (Å²) in [5.74, 6) is -0.970. The van der Waals surface area contributed by atoms with Gasteiger partial charge in [-0.3, -0.25) is 9.98 Å². The van der Waals surface area contributed by atoms with Gasteiger partial charge in [-0.05, 0) is 92.2 Å². The van der Waals surface area contributed by atoms with Gasteiger partial charge in [-0.1, -0.05) is 53.7 Å². The first-order chi connectivity index (χ1) is 19.2. The molecule has 1 radical (unpaired) electrons. The average molecular weight is 626 g/mol. The summed E-state index contributed by atoms with van der Waals surface area (Å²) < 4.78 is 0. The number of aryl methyl sites for hydroxylation is 2. The number of phenols is 2. The van der Waals surface area contributed by atoms with Crippen molar-refractivity contribution in [2.45, 2.75) is 111 Å². The van der Waals surface area contributed by atoms with Crippen LogP contribution in [0, 0.1) is 0 Å². The Hall–Kier alpha value is -3.17. The first-order valence-electron chi connectivity index (χ1n) is 14.3. The molecule has 0 aliphatic heterocycles. The van der Waals surface area contributed by atoms with E-state index in [1.54, 1.807) is 0 Å². The summed E-state index contributed by atoms with van der Waals surface area (Å²) in [7, 11) is 0. The van der Waals surface area contributed by atoms with Crippen LogP contribution in [0.3, 0.4) is 0 Å². The van der Waals surface area contributed by atoms with Gasteiger partial charge in [0, 0.05) is 35.5 Å². The molecule has 0 bridgehead atoms. The van der Waals surface area contributed by atoms with Gasteiger partial charge in [0.15, 0.2) is 0 Å². The maximum atomic E-state index is 10.8. The Bertz CT molecular complexity index is 1120. The van der Waals surface area contributed by atoms with Crippen LogP contribution < -0.4 is 10.2 Å². The molecule has 8 nitrogen and oxygen atoms in total. The number of carboxylic acid groups (broad SMARTS) is 2. The van der Waals surface area contributed by atoms with E-state index in [0.717, 1.165) is 68.2 Å². The van der Waals surface area contributed by atoms with Crippen LogP contribution in [0.15, 0.2) is 34.3 Å². The van der Waals surface area contributed by atoms with E-state index in [-0.39, 0.29) is 40.7 Å². The van der Waals surface area contributed by atoms with E-state index in [0.29, 0.717) is 11.5 Å². The van der Waals surface area contributed by atoms with Gasteiger partial charge in [-0.15, -0.1) is 0 Å². The monoisotopic (exact) mass is 625 g/mol.